The van der Waals surface area contributed by atoms with Gasteiger partial charge in [0.05, 0.1) is 35.4 Å². The summed E-state index contributed by atoms with van der Waals surface area (Å²) in [5.74, 6) is 1.54. The lowest BCUT2D eigenvalue weighted by molar-refractivity contribution is -0.384. The number of pyridine rings is 1. The second-order valence-electron chi connectivity index (χ2n) is 8.27. The number of non-ortho nitro benzene ring substituents is 1. The number of aromatic nitrogens is 1. The summed E-state index contributed by atoms with van der Waals surface area (Å²) in [6, 6.07) is 19.4. The van der Waals surface area contributed by atoms with Crippen molar-refractivity contribution in [3.63, 3.8) is 0 Å². The monoisotopic (exact) mass is 564 g/mol. The predicted molar refractivity (Wildman–Crippen MR) is 144 cm³/mol. The van der Waals surface area contributed by atoms with Crippen molar-refractivity contribution >= 4 is 44.6 Å². The van der Waals surface area contributed by atoms with Gasteiger partial charge in [0, 0.05) is 22.4 Å². The number of benzene rings is 2. The molecule has 0 unspecified atom stereocenters. The first-order valence-electron chi connectivity index (χ1n) is 11.1. The fraction of sp³-hybridized carbons (Fsp3) is 0.154. The molecule has 0 saturated carbocycles. The summed E-state index contributed by atoms with van der Waals surface area (Å²) in [5, 5.41) is 15.2. The van der Waals surface area contributed by atoms with Crippen LogP contribution in [0.5, 0.6) is 5.75 Å². The number of nitrogens with one attached hydrogen (secondary N) is 1. The molecule has 182 valence electrons. The van der Waals surface area contributed by atoms with E-state index < -0.39 is 4.92 Å². The van der Waals surface area contributed by atoms with Crippen LogP contribution < -0.4 is 15.0 Å². The molecule has 1 aliphatic heterocycles. The second kappa shape index (κ2) is 9.71. The topological polar surface area (TPSA) is 93.7 Å². The summed E-state index contributed by atoms with van der Waals surface area (Å²) in [5.41, 5.74) is 3.38. The van der Waals surface area contributed by atoms with Gasteiger partial charge in [0.2, 0.25) is 0 Å². The van der Waals surface area contributed by atoms with Crippen LogP contribution in [-0.2, 0) is 0 Å². The van der Waals surface area contributed by atoms with Gasteiger partial charge in [-0.2, -0.15) is 0 Å². The number of anilines is 1. The predicted octanol–water partition coefficient (Wildman–Crippen LogP) is 6.51. The van der Waals surface area contributed by atoms with Gasteiger partial charge in [0.1, 0.15) is 23.3 Å². The van der Waals surface area contributed by atoms with Crippen molar-refractivity contribution in [3.05, 3.63) is 105 Å². The quantitative estimate of drug-likeness (QED) is 0.161. The zero-order valence-electron chi connectivity index (χ0n) is 19.3. The molecule has 4 aromatic rings. The lowest BCUT2D eigenvalue weighted by Gasteiger charge is -2.26. The van der Waals surface area contributed by atoms with E-state index in [1.54, 1.807) is 12.3 Å². The van der Waals surface area contributed by atoms with Gasteiger partial charge in [-0.1, -0.05) is 22.0 Å². The van der Waals surface area contributed by atoms with Gasteiger partial charge in [-0.15, -0.1) is 0 Å². The van der Waals surface area contributed by atoms with Crippen LogP contribution >= 0.6 is 28.1 Å². The number of aryl methyl sites for hydroxylation is 1. The number of hydrogen-bond acceptors (Lipinski definition) is 6. The molecule has 1 aliphatic rings. The first-order valence-corrected chi connectivity index (χ1v) is 12.3. The van der Waals surface area contributed by atoms with Crippen LogP contribution in [0.4, 0.5) is 11.4 Å². The third-order valence-electron chi connectivity index (χ3n) is 6.10. The summed E-state index contributed by atoms with van der Waals surface area (Å²) in [6.45, 7) is 2.03. The molecule has 10 heteroatoms. The largest absolute Gasteiger partial charge is 0.496 e. The number of nitrogens with zero attached hydrogens (tertiary/aromatic N) is 3. The Morgan fingerprint density at radius 1 is 1.17 bits per heavy atom. The lowest BCUT2D eigenvalue weighted by Crippen LogP contribution is -2.29. The third-order valence-corrected chi connectivity index (χ3v) is 7.30. The first kappa shape index (κ1) is 24.0. The molecule has 0 spiro atoms. The minimum absolute atomic E-state index is 0.0558. The summed E-state index contributed by atoms with van der Waals surface area (Å²) < 4.78 is 12.8. The van der Waals surface area contributed by atoms with Crippen LogP contribution in [0.3, 0.4) is 0 Å². The Morgan fingerprint density at radius 3 is 2.69 bits per heavy atom. The summed E-state index contributed by atoms with van der Waals surface area (Å²) >= 11 is 9.35. The van der Waals surface area contributed by atoms with Gasteiger partial charge in [0.15, 0.2) is 5.11 Å². The van der Waals surface area contributed by atoms with Gasteiger partial charge < -0.3 is 19.4 Å². The molecule has 1 saturated heterocycles. The van der Waals surface area contributed by atoms with Crippen molar-refractivity contribution in [2.75, 3.05) is 12.0 Å². The SMILES string of the molecule is COc1cc([N+](=O)[O-])ccc1-c1ccc([C@@H]2[C@H](c3ccccn3)NC(=S)N2c2ccc(Br)c(C)c2)o1. The maximum atomic E-state index is 11.2. The van der Waals surface area contributed by atoms with Gasteiger partial charge in [-0.05, 0) is 73.2 Å². The standard InChI is InChI=1S/C26H21BrN4O4S/c1-15-13-16(7-9-19(15)27)30-25(24(29-26(30)36)20-5-3-4-12-28-20)22-11-10-21(35-22)18-8-6-17(31(32)33)14-23(18)34-2/h3-14,24-25H,1-2H3,(H,29,36)/t24-,25+/m0/s1. The number of halogens is 1. The molecule has 1 fully saturated rings. The van der Waals surface area contributed by atoms with Crippen molar-refractivity contribution in [2.24, 2.45) is 0 Å². The molecule has 1 N–H and O–H groups in total. The zero-order valence-corrected chi connectivity index (χ0v) is 21.7. The number of nitro groups is 1. The van der Waals surface area contributed by atoms with Crippen molar-refractivity contribution in [2.45, 2.75) is 19.0 Å². The molecule has 0 radical (unpaired) electrons. The number of thiocarbonyl (C=S) groups is 1. The third kappa shape index (κ3) is 4.33. The number of nitro benzene ring substituents is 1. The van der Waals surface area contributed by atoms with Crippen molar-refractivity contribution in [1.82, 2.24) is 10.3 Å². The maximum absolute atomic E-state index is 11.2. The Labute approximate surface area is 221 Å². The van der Waals surface area contributed by atoms with E-state index in [1.165, 1.54) is 19.2 Å². The summed E-state index contributed by atoms with van der Waals surface area (Å²) in [4.78, 5) is 17.3. The molecule has 0 amide bonds. The van der Waals surface area contributed by atoms with Crippen LogP contribution in [0, 0.1) is 17.0 Å². The van der Waals surface area contributed by atoms with E-state index in [0.717, 1.165) is 21.4 Å². The number of rotatable bonds is 6. The Bertz CT molecular complexity index is 1460. The summed E-state index contributed by atoms with van der Waals surface area (Å²) in [6.07, 6.45) is 1.75. The van der Waals surface area contributed by atoms with Gasteiger partial charge in [-0.25, -0.2) is 0 Å². The van der Waals surface area contributed by atoms with Crippen LogP contribution in [0.15, 0.2) is 81.8 Å². The van der Waals surface area contributed by atoms with E-state index in [9.17, 15) is 10.1 Å². The number of ether oxygens (including phenoxy) is 1. The van der Waals surface area contributed by atoms with Crippen LogP contribution in [0.25, 0.3) is 11.3 Å². The average molecular weight is 565 g/mol. The van der Waals surface area contributed by atoms with Crippen molar-refractivity contribution in [3.8, 4) is 17.1 Å². The highest BCUT2D eigenvalue weighted by Gasteiger charge is 2.42. The molecule has 5 rings (SSSR count). The second-order valence-corrected chi connectivity index (χ2v) is 9.51. The Balaban J connectivity index is 1.60. The lowest BCUT2D eigenvalue weighted by atomic mass is 10.0. The zero-order chi connectivity index (χ0) is 25.4. The van der Waals surface area contributed by atoms with E-state index >= 15 is 0 Å². The van der Waals surface area contributed by atoms with E-state index in [4.69, 9.17) is 21.4 Å². The highest BCUT2D eigenvalue weighted by Crippen LogP contribution is 2.44. The van der Waals surface area contributed by atoms with E-state index in [0.29, 0.717) is 27.9 Å². The fourth-order valence-electron chi connectivity index (χ4n) is 4.35. The average Bonchev–Trinajstić information content (AvgIpc) is 3.50. The Hall–Kier alpha value is -3.76. The van der Waals surface area contributed by atoms with E-state index in [1.807, 2.05) is 54.3 Å². The molecule has 3 heterocycles. The fourth-order valence-corrected chi connectivity index (χ4v) is 4.95. The minimum Gasteiger partial charge on any atom is -0.496 e. The molecular formula is C26H21BrN4O4S. The van der Waals surface area contributed by atoms with Crippen molar-refractivity contribution < 1.29 is 14.1 Å². The van der Waals surface area contributed by atoms with Crippen LogP contribution in [0.2, 0.25) is 0 Å². The van der Waals surface area contributed by atoms with Gasteiger partial charge >= 0.3 is 0 Å². The summed E-state index contributed by atoms with van der Waals surface area (Å²) in [7, 11) is 1.47. The molecule has 2 aromatic heterocycles. The van der Waals surface area contributed by atoms with Crippen LogP contribution in [-0.4, -0.2) is 22.1 Å². The highest BCUT2D eigenvalue weighted by molar-refractivity contribution is 9.10. The smallest absolute Gasteiger partial charge is 0.273 e. The molecule has 2 aromatic carbocycles. The molecule has 0 aliphatic carbocycles. The molecule has 0 bridgehead atoms. The van der Waals surface area contributed by atoms with E-state index in [2.05, 4.69) is 32.3 Å². The molecule has 8 nitrogen and oxygen atoms in total. The first-order chi connectivity index (χ1) is 17.4. The highest BCUT2D eigenvalue weighted by atomic mass is 79.9. The number of methoxy groups -OCH3 is 1. The molecule has 36 heavy (non-hydrogen) atoms. The Morgan fingerprint density at radius 2 is 2.00 bits per heavy atom. The molecule has 2 atom stereocenters. The Kier molecular flexibility index (Phi) is 6.46. The van der Waals surface area contributed by atoms with Gasteiger partial charge in [-0.3, -0.25) is 15.1 Å². The minimum atomic E-state index is -0.458. The van der Waals surface area contributed by atoms with Gasteiger partial charge in [0.25, 0.3) is 5.69 Å². The number of hydrogen-bond donors (Lipinski definition) is 1. The normalized spacial score (nSPS) is 17.2. The maximum Gasteiger partial charge on any atom is 0.273 e. The number of furan rings is 1. The van der Waals surface area contributed by atoms with Crippen LogP contribution in [0.1, 0.15) is 29.1 Å². The van der Waals surface area contributed by atoms with E-state index in [-0.39, 0.29) is 17.8 Å². The van der Waals surface area contributed by atoms with Crippen molar-refractivity contribution in [1.29, 1.82) is 0 Å². The molecular weight excluding hydrogens is 544 g/mol.